The number of carbonyl (C=O) groups is 1. The first-order valence-corrected chi connectivity index (χ1v) is 5.16. The van der Waals surface area contributed by atoms with Crippen LogP contribution < -0.4 is 5.32 Å². The molecule has 0 aromatic heterocycles. The summed E-state index contributed by atoms with van der Waals surface area (Å²) >= 11 is 5.92. The molecule has 1 N–H and O–H groups in total. The molecule has 0 spiro atoms. The molecule has 74 valence electrons. The van der Waals surface area contributed by atoms with Gasteiger partial charge in [0.15, 0.2) is 0 Å². The molecule has 0 radical (unpaired) electrons. The van der Waals surface area contributed by atoms with Gasteiger partial charge < -0.3 is 5.32 Å². The lowest BCUT2D eigenvalue weighted by molar-refractivity contribution is 0.112. The van der Waals surface area contributed by atoms with Crippen LogP contribution in [0, 0.1) is 0 Å². The van der Waals surface area contributed by atoms with Crippen molar-refractivity contribution in [3.05, 3.63) is 34.3 Å². The fraction of sp³-hybridized carbons (Fsp3) is 0.364. The van der Waals surface area contributed by atoms with Crippen molar-refractivity contribution in [2.75, 3.05) is 6.54 Å². The molecule has 3 heteroatoms. The van der Waals surface area contributed by atoms with Crippen molar-refractivity contribution < 1.29 is 4.79 Å². The number of hydrogen-bond acceptors (Lipinski definition) is 2. The molecule has 1 atom stereocenters. The third kappa shape index (κ3) is 1.97. The van der Waals surface area contributed by atoms with E-state index in [1.165, 1.54) is 6.42 Å². The first-order chi connectivity index (χ1) is 6.79. The van der Waals surface area contributed by atoms with Crippen molar-refractivity contribution in [2.24, 2.45) is 0 Å². The fourth-order valence-electron chi connectivity index (χ4n) is 1.87. The lowest BCUT2D eigenvalue weighted by Gasteiger charge is -2.11. The normalized spacial score (nSPS) is 21.1. The summed E-state index contributed by atoms with van der Waals surface area (Å²) in [5.74, 6) is 0. The lowest BCUT2D eigenvalue weighted by atomic mass is 10.0. The van der Waals surface area contributed by atoms with E-state index in [9.17, 15) is 4.79 Å². The van der Waals surface area contributed by atoms with E-state index in [1.807, 2.05) is 12.1 Å². The highest BCUT2D eigenvalue weighted by Crippen LogP contribution is 2.26. The molecule has 1 aromatic rings. The Morgan fingerprint density at radius 3 is 2.93 bits per heavy atom. The summed E-state index contributed by atoms with van der Waals surface area (Å²) < 4.78 is 0. The lowest BCUT2D eigenvalue weighted by Crippen LogP contribution is -2.12. The van der Waals surface area contributed by atoms with Crippen LogP contribution in [0.1, 0.15) is 34.8 Å². The van der Waals surface area contributed by atoms with Gasteiger partial charge in [-0.15, -0.1) is 0 Å². The second kappa shape index (κ2) is 4.11. The molecule has 1 aromatic carbocycles. The zero-order valence-electron chi connectivity index (χ0n) is 7.79. The van der Waals surface area contributed by atoms with Gasteiger partial charge in [-0.1, -0.05) is 11.6 Å². The Bertz CT molecular complexity index is 345. The Labute approximate surface area is 88.3 Å². The predicted octanol–water partition coefficient (Wildman–Crippen LogP) is 2.58. The van der Waals surface area contributed by atoms with Crippen LogP contribution in [0.25, 0.3) is 0 Å². The monoisotopic (exact) mass is 209 g/mol. The summed E-state index contributed by atoms with van der Waals surface area (Å²) in [6.45, 7) is 1.05. The smallest absolute Gasteiger partial charge is 0.150 e. The van der Waals surface area contributed by atoms with Crippen molar-refractivity contribution in [1.29, 1.82) is 0 Å². The highest BCUT2D eigenvalue weighted by Gasteiger charge is 2.16. The Balaban J connectivity index is 2.31. The summed E-state index contributed by atoms with van der Waals surface area (Å²) in [6.07, 6.45) is 3.15. The SMILES string of the molecule is O=Cc1cc(Cl)cc(C2CCCN2)c1. The maximum Gasteiger partial charge on any atom is 0.150 e. The molecule has 2 nitrogen and oxygen atoms in total. The zero-order chi connectivity index (χ0) is 9.97. The summed E-state index contributed by atoms with van der Waals surface area (Å²) in [4.78, 5) is 10.6. The van der Waals surface area contributed by atoms with Crippen LogP contribution in [0.15, 0.2) is 18.2 Å². The van der Waals surface area contributed by atoms with E-state index >= 15 is 0 Å². The molecule has 1 saturated heterocycles. The first kappa shape index (κ1) is 9.69. The van der Waals surface area contributed by atoms with Crippen molar-refractivity contribution in [3.63, 3.8) is 0 Å². The molecule has 0 bridgehead atoms. The van der Waals surface area contributed by atoms with Crippen LogP contribution in [0.5, 0.6) is 0 Å². The van der Waals surface area contributed by atoms with Crippen molar-refractivity contribution in [3.8, 4) is 0 Å². The van der Waals surface area contributed by atoms with E-state index in [4.69, 9.17) is 11.6 Å². The second-order valence-electron chi connectivity index (χ2n) is 3.58. The highest BCUT2D eigenvalue weighted by atomic mass is 35.5. The molecule has 14 heavy (non-hydrogen) atoms. The van der Waals surface area contributed by atoms with Gasteiger partial charge >= 0.3 is 0 Å². The fourth-order valence-corrected chi connectivity index (χ4v) is 2.13. The van der Waals surface area contributed by atoms with Gasteiger partial charge in [0.1, 0.15) is 6.29 Å². The molecule has 2 rings (SSSR count). The Hall–Kier alpha value is -0.860. The van der Waals surface area contributed by atoms with E-state index in [1.54, 1.807) is 6.07 Å². The minimum absolute atomic E-state index is 0.368. The molecule has 0 saturated carbocycles. The van der Waals surface area contributed by atoms with Crippen molar-refractivity contribution >= 4 is 17.9 Å². The van der Waals surface area contributed by atoms with Gasteiger partial charge in [0.05, 0.1) is 0 Å². The average molecular weight is 210 g/mol. The zero-order valence-corrected chi connectivity index (χ0v) is 8.55. The largest absolute Gasteiger partial charge is 0.310 e. The van der Waals surface area contributed by atoms with Crippen LogP contribution >= 0.6 is 11.6 Å². The number of aldehydes is 1. The Morgan fingerprint density at radius 1 is 1.43 bits per heavy atom. The molecule has 1 fully saturated rings. The molecular weight excluding hydrogens is 198 g/mol. The van der Waals surface area contributed by atoms with E-state index in [-0.39, 0.29) is 0 Å². The van der Waals surface area contributed by atoms with Gasteiger partial charge in [0.2, 0.25) is 0 Å². The third-order valence-electron chi connectivity index (χ3n) is 2.54. The van der Waals surface area contributed by atoms with Gasteiger partial charge in [-0.25, -0.2) is 0 Å². The molecule has 1 aliphatic rings. The van der Waals surface area contributed by atoms with Crippen molar-refractivity contribution in [2.45, 2.75) is 18.9 Å². The number of rotatable bonds is 2. The summed E-state index contributed by atoms with van der Waals surface area (Å²) in [6, 6.07) is 5.89. The van der Waals surface area contributed by atoms with Gasteiger partial charge in [0, 0.05) is 16.6 Å². The van der Waals surface area contributed by atoms with E-state index in [2.05, 4.69) is 5.32 Å². The maximum atomic E-state index is 10.6. The summed E-state index contributed by atoms with van der Waals surface area (Å²) in [5, 5.41) is 4.01. The maximum absolute atomic E-state index is 10.6. The number of benzene rings is 1. The Kier molecular flexibility index (Phi) is 2.85. The molecule has 0 amide bonds. The highest BCUT2D eigenvalue weighted by molar-refractivity contribution is 6.30. The molecule has 1 unspecified atom stereocenters. The van der Waals surface area contributed by atoms with Gasteiger partial charge in [-0.05, 0) is 43.1 Å². The number of halogens is 1. The number of carbonyl (C=O) groups excluding carboxylic acids is 1. The van der Waals surface area contributed by atoms with E-state index < -0.39 is 0 Å². The molecule has 1 heterocycles. The van der Waals surface area contributed by atoms with Gasteiger partial charge in [-0.2, -0.15) is 0 Å². The number of hydrogen-bond donors (Lipinski definition) is 1. The minimum Gasteiger partial charge on any atom is -0.310 e. The third-order valence-corrected chi connectivity index (χ3v) is 2.76. The minimum atomic E-state index is 0.368. The van der Waals surface area contributed by atoms with Gasteiger partial charge in [-0.3, -0.25) is 4.79 Å². The second-order valence-corrected chi connectivity index (χ2v) is 4.02. The summed E-state index contributed by atoms with van der Waals surface area (Å²) in [5.41, 5.74) is 1.78. The van der Waals surface area contributed by atoms with Crippen LogP contribution in [-0.4, -0.2) is 12.8 Å². The average Bonchev–Trinajstić information content (AvgIpc) is 2.69. The first-order valence-electron chi connectivity index (χ1n) is 4.78. The topological polar surface area (TPSA) is 29.1 Å². The van der Waals surface area contributed by atoms with Crippen LogP contribution in [-0.2, 0) is 0 Å². The van der Waals surface area contributed by atoms with Crippen molar-refractivity contribution in [1.82, 2.24) is 5.32 Å². The van der Waals surface area contributed by atoms with Gasteiger partial charge in [0.25, 0.3) is 0 Å². The van der Waals surface area contributed by atoms with Crippen LogP contribution in [0.3, 0.4) is 0 Å². The molecule has 1 aliphatic heterocycles. The quantitative estimate of drug-likeness (QED) is 0.759. The molecular formula is C11H12ClNO. The summed E-state index contributed by atoms with van der Waals surface area (Å²) in [7, 11) is 0. The predicted molar refractivity (Wildman–Crippen MR) is 56.8 cm³/mol. The molecule has 0 aliphatic carbocycles. The van der Waals surface area contributed by atoms with Crippen LogP contribution in [0.4, 0.5) is 0 Å². The standard InChI is InChI=1S/C11H12ClNO/c12-10-5-8(7-14)4-9(6-10)11-2-1-3-13-11/h4-7,11,13H,1-3H2. The van der Waals surface area contributed by atoms with Crippen LogP contribution in [0.2, 0.25) is 5.02 Å². The number of nitrogens with one attached hydrogen (secondary N) is 1. The Morgan fingerprint density at radius 2 is 2.29 bits per heavy atom. The van der Waals surface area contributed by atoms with E-state index in [0.29, 0.717) is 16.6 Å². The van der Waals surface area contributed by atoms with E-state index in [0.717, 1.165) is 24.8 Å².